The Morgan fingerprint density at radius 1 is 0.893 bits per heavy atom. The molecule has 148 valence electrons. The van der Waals surface area contributed by atoms with Gasteiger partial charge in [-0.05, 0) is 29.7 Å². The zero-order valence-electron chi connectivity index (χ0n) is 15.7. The Labute approximate surface area is 165 Å². The molecule has 0 atom stereocenters. The highest BCUT2D eigenvalue weighted by Crippen LogP contribution is 2.23. The molecule has 2 aliphatic rings. The van der Waals surface area contributed by atoms with Gasteiger partial charge in [0.25, 0.3) is 10.2 Å². The van der Waals surface area contributed by atoms with Crippen LogP contribution in [0.15, 0.2) is 48.7 Å². The third kappa shape index (κ3) is 3.94. The average Bonchev–Trinajstić information content (AvgIpc) is 2.74. The first-order valence-corrected chi connectivity index (χ1v) is 10.9. The number of benzene rings is 1. The van der Waals surface area contributed by atoms with Gasteiger partial charge in [0.15, 0.2) is 0 Å². The predicted molar refractivity (Wildman–Crippen MR) is 106 cm³/mol. The predicted octanol–water partition coefficient (Wildman–Crippen LogP) is 1.07. The summed E-state index contributed by atoms with van der Waals surface area (Å²) < 4.78 is 29.2. The first-order valence-electron chi connectivity index (χ1n) is 9.54. The minimum absolute atomic E-state index is 0.0114. The molecule has 1 aromatic carbocycles. The van der Waals surface area contributed by atoms with Crippen molar-refractivity contribution >= 4 is 16.1 Å². The van der Waals surface area contributed by atoms with Gasteiger partial charge in [0.2, 0.25) is 5.91 Å². The number of fused-ring (bicyclic) bond motifs is 1. The summed E-state index contributed by atoms with van der Waals surface area (Å²) in [6.07, 6.45) is 2.65. The largest absolute Gasteiger partial charge is 0.340 e. The summed E-state index contributed by atoms with van der Waals surface area (Å²) in [4.78, 5) is 18.4. The first-order chi connectivity index (χ1) is 13.5. The van der Waals surface area contributed by atoms with Crippen LogP contribution in [0.25, 0.3) is 0 Å². The molecule has 1 amide bonds. The van der Waals surface area contributed by atoms with E-state index in [1.807, 2.05) is 36.4 Å². The summed E-state index contributed by atoms with van der Waals surface area (Å²) in [6.45, 7) is 2.39. The van der Waals surface area contributed by atoms with E-state index in [-0.39, 0.29) is 12.3 Å². The highest BCUT2D eigenvalue weighted by atomic mass is 32.2. The van der Waals surface area contributed by atoms with E-state index in [9.17, 15) is 13.2 Å². The molecule has 0 saturated carbocycles. The highest BCUT2D eigenvalue weighted by Gasteiger charge is 2.35. The van der Waals surface area contributed by atoms with Crippen LogP contribution in [0.5, 0.6) is 0 Å². The van der Waals surface area contributed by atoms with Crippen molar-refractivity contribution in [2.45, 2.75) is 19.4 Å². The number of rotatable bonds is 4. The summed E-state index contributed by atoms with van der Waals surface area (Å²) in [6, 6.07) is 13.5. The number of hydrogen-bond donors (Lipinski definition) is 0. The Hall–Kier alpha value is -2.29. The molecule has 3 heterocycles. The molecule has 28 heavy (non-hydrogen) atoms. The minimum Gasteiger partial charge on any atom is -0.340 e. The van der Waals surface area contributed by atoms with Gasteiger partial charge >= 0.3 is 0 Å². The summed E-state index contributed by atoms with van der Waals surface area (Å²) in [7, 11) is -3.52. The van der Waals surface area contributed by atoms with Crippen LogP contribution in [-0.2, 0) is 34.4 Å². The average molecular weight is 401 g/mol. The SMILES string of the molecule is O=C(Cc1ccccn1)N1CCN(S(=O)(=O)N2CCc3ccccc3C2)CC1. The van der Waals surface area contributed by atoms with Gasteiger partial charge in [0.05, 0.1) is 6.42 Å². The van der Waals surface area contributed by atoms with Gasteiger partial charge in [-0.1, -0.05) is 30.3 Å². The van der Waals surface area contributed by atoms with Crippen LogP contribution >= 0.6 is 0 Å². The smallest absolute Gasteiger partial charge is 0.282 e. The van der Waals surface area contributed by atoms with E-state index < -0.39 is 10.2 Å². The van der Waals surface area contributed by atoms with Crippen molar-refractivity contribution in [2.24, 2.45) is 0 Å². The second kappa shape index (κ2) is 7.98. The van der Waals surface area contributed by atoms with Crippen LogP contribution in [0, 0.1) is 0 Å². The fourth-order valence-corrected chi connectivity index (χ4v) is 5.34. The number of aromatic nitrogens is 1. The van der Waals surface area contributed by atoms with Crippen molar-refractivity contribution in [3.8, 4) is 0 Å². The fourth-order valence-electron chi connectivity index (χ4n) is 3.77. The molecule has 0 unspecified atom stereocenters. The van der Waals surface area contributed by atoms with E-state index >= 15 is 0 Å². The van der Waals surface area contributed by atoms with E-state index in [1.165, 1.54) is 9.87 Å². The molecule has 8 heteroatoms. The second-order valence-electron chi connectivity index (χ2n) is 7.14. The lowest BCUT2D eigenvalue weighted by molar-refractivity contribution is -0.131. The van der Waals surface area contributed by atoms with E-state index in [2.05, 4.69) is 11.1 Å². The Kier molecular flexibility index (Phi) is 5.43. The second-order valence-corrected chi connectivity index (χ2v) is 9.07. The summed E-state index contributed by atoms with van der Waals surface area (Å²) >= 11 is 0. The van der Waals surface area contributed by atoms with Crippen molar-refractivity contribution in [3.05, 3.63) is 65.5 Å². The van der Waals surface area contributed by atoms with Gasteiger partial charge in [-0.3, -0.25) is 9.78 Å². The maximum atomic E-state index is 13.1. The lowest BCUT2D eigenvalue weighted by Gasteiger charge is -2.38. The third-order valence-corrected chi connectivity index (χ3v) is 7.38. The van der Waals surface area contributed by atoms with Crippen molar-refractivity contribution < 1.29 is 13.2 Å². The molecule has 2 aliphatic heterocycles. The van der Waals surface area contributed by atoms with Crippen LogP contribution in [0.4, 0.5) is 0 Å². The maximum Gasteiger partial charge on any atom is 0.282 e. The quantitative estimate of drug-likeness (QED) is 0.770. The van der Waals surface area contributed by atoms with Gasteiger partial charge in [0, 0.05) is 51.2 Å². The van der Waals surface area contributed by atoms with Gasteiger partial charge in [-0.25, -0.2) is 0 Å². The number of carbonyl (C=O) groups excluding carboxylic acids is 1. The van der Waals surface area contributed by atoms with Gasteiger partial charge in [0.1, 0.15) is 0 Å². The van der Waals surface area contributed by atoms with Crippen LogP contribution in [0.1, 0.15) is 16.8 Å². The zero-order valence-corrected chi connectivity index (χ0v) is 16.5. The molecule has 0 radical (unpaired) electrons. The number of carbonyl (C=O) groups is 1. The number of amides is 1. The molecule has 0 N–H and O–H groups in total. The van der Waals surface area contributed by atoms with Gasteiger partial charge in [-0.2, -0.15) is 17.0 Å². The molecule has 0 spiro atoms. The van der Waals surface area contributed by atoms with Crippen molar-refractivity contribution in [2.75, 3.05) is 32.7 Å². The Balaban J connectivity index is 1.36. The monoisotopic (exact) mass is 400 g/mol. The van der Waals surface area contributed by atoms with Gasteiger partial charge < -0.3 is 4.90 Å². The molecular formula is C20H24N4O3S. The van der Waals surface area contributed by atoms with Crippen LogP contribution in [-0.4, -0.2) is 65.5 Å². The van der Waals surface area contributed by atoms with Crippen LogP contribution in [0.2, 0.25) is 0 Å². The number of hydrogen-bond acceptors (Lipinski definition) is 4. The van der Waals surface area contributed by atoms with Crippen molar-refractivity contribution in [3.63, 3.8) is 0 Å². The Morgan fingerprint density at radius 2 is 1.61 bits per heavy atom. The molecule has 7 nitrogen and oxygen atoms in total. The highest BCUT2D eigenvalue weighted by molar-refractivity contribution is 7.86. The van der Waals surface area contributed by atoms with Crippen molar-refractivity contribution in [1.82, 2.24) is 18.5 Å². The molecule has 1 aromatic heterocycles. The number of pyridine rings is 1. The lowest BCUT2D eigenvalue weighted by atomic mass is 10.0. The Morgan fingerprint density at radius 3 is 2.32 bits per heavy atom. The molecule has 0 bridgehead atoms. The third-order valence-electron chi connectivity index (χ3n) is 5.40. The molecule has 1 fully saturated rings. The Bertz CT molecular complexity index is 941. The van der Waals surface area contributed by atoms with E-state index in [4.69, 9.17) is 0 Å². The molecule has 4 rings (SSSR count). The molecule has 0 aliphatic carbocycles. The summed E-state index contributed by atoms with van der Waals surface area (Å²) in [5.41, 5.74) is 3.02. The first kappa shape index (κ1) is 19.0. The van der Waals surface area contributed by atoms with E-state index in [1.54, 1.807) is 15.4 Å². The maximum absolute atomic E-state index is 13.1. The summed E-state index contributed by atoms with van der Waals surface area (Å²) in [5.74, 6) is -0.0114. The lowest BCUT2D eigenvalue weighted by Crippen LogP contribution is -2.55. The fraction of sp³-hybridized carbons (Fsp3) is 0.400. The standard InChI is InChI=1S/C20H24N4O3S/c25-20(15-19-7-3-4-9-21-19)22-11-13-23(14-12-22)28(26,27)24-10-8-17-5-1-2-6-18(17)16-24/h1-7,9H,8,10-16H2. The van der Waals surface area contributed by atoms with Crippen LogP contribution < -0.4 is 0 Å². The number of nitrogens with zero attached hydrogens (tertiary/aromatic N) is 4. The minimum atomic E-state index is -3.52. The summed E-state index contributed by atoms with van der Waals surface area (Å²) in [5, 5.41) is 0. The van der Waals surface area contributed by atoms with E-state index in [0.29, 0.717) is 39.3 Å². The van der Waals surface area contributed by atoms with Crippen LogP contribution in [0.3, 0.4) is 0 Å². The molecule has 2 aromatic rings. The molecule has 1 saturated heterocycles. The molecular weight excluding hydrogens is 376 g/mol. The number of piperazine rings is 1. The van der Waals surface area contributed by atoms with Gasteiger partial charge in [-0.15, -0.1) is 0 Å². The normalized spacial score (nSPS) is 18.6. The van der Waals surface area contributed by atoms with E-state index in [0.717, 1.165) is 17.7 Å². The zero-order chi connectivity index (χ0) is 19.6. The van der Waals surface area contributed by atoms with Crippen molar-refractivity contribution in [1.29, 1.82) is 0 Å². The topological polar surface area (TPSA) is 73.8 Å².